The van der Waals surface area contributed by atoms with Crippen molar-refractivity contribution in [3.63, 3.8) is 0 Å². The average molecular weight is 929 g/mol. The summed E-state index contributed by atoms with van der Waals surface area (Å²) in [6.07, 6.45) is 1.87. The molecule has 2 aliphatic carbocycles. The predicted octanol–water partition coefficient (Wildman–Crippen LogP) is 11.9. The number of likely N-dealkylation sites (tertiary alicyclic amines) is 2. The van der Waals surface area contributed by atoms with E-state index in [2.05, 4.69) is 168 Å². The van der Waals surface area contributed by atoms with E-state index in [0.717, 1.165) is 106 Å². The Bertz CT molecular complexity index is 3030. The van der Waals surface area contributed by atoms with Gasteiger partial charge in [0.1, 0.15) is 23.7 Å². The van der Waals surface area contributed by atoms with Crippen LogP contribution in [0.1, 0.15) is 101 Å². The number of piperidine rings is 2. The minimum Gasteiger partial charge on any atom is -0.340 e. The van der Waals surface area contributed by atoms with E-state index in [1.807, 2.05) is 36.4 Å². The summed E-state index contributed by atoms with van der Waals surface area (Å²) in [6, 6.07) is 46.6. The molecule has 70 heavy (non-hydrogen) atoms. The molecule has 2 amide bonds. The highest BCUT2D eigenvalue weighted by Crippen LogP contribution is 2.59. The maximum absolute atomic E-state index is 14.8. The Kier molecular flexibility index (Phi) is 11.2. The minimum absolute atomic E-state index is 0.0825. The van der Waals surface area contributed by atoms with Crippen molar-refractivity contribution in [2.45, 2.75) is 90.6 Å². The van der Waals surface area contributed by atoms with Gasteiger partial charge >= 0.3 is 0 Å². The lowest BCUT2D eigenvalue weighted by atomic mass is 9.97. The van der Waals surface area contributed by atoms with Gasteiger partial charge in [-0.3, -0.25) is 19.4 Å². The fourth-order valence-corrected chi connectivity index (χ4v) is 13.0. The van der Waals surface area contributed by atoms with Crippen LogP contribution in [-0.2, 0) is 9.59 Å². The molecule has 0 bridgehead atoms. The number of amides is 2. The summed E-state index contributed by atoms with van der Waals surface area (Å²) < 4.78 is 0. The first-order valence-corrected chi connectivity index (χ1v) is 25.9. The molecule has 2 saturated heterocycles. The number of rotatable bonds is 14. The van der Waals surface area contributed by atoms with E-state index < -0.39 is 0 Å². The molecular formula is C60H64N8O2. The maximum atomic E-state index is 14.8. The molecule has 0 spiro atoms. The van der Waals surface area contributed by atoms with E-state index in [0.29, 0.717) is 23.7 Å². The third-order valence-electron chi connectivity index (χ3n) is 17.0. The maximum Gasteiger partial charge on any atom is 0.245 e. The highest BCUT2D eigenvalue weighted by atomic mass is 16.2. The number of hydrogen-bond acceptors (Lipinski definition) is 6. The Balaban J connectivity index is 0.787. The average Bonchev–Trinajstić information content (AvgIpc) is 3.82. The van der Waals surface area contributed by atoms with Crippen molar-refractivity contribution >= 4 is 44.7 Å². The Hall–Kier alpha value is -6.62. The van der Waals surface area contributed by atoms with Crippen LogP contribution in [0.3, 0.4) is 0 Å². The van der Waals surface area contributed by atoms with E-state index in [4.69, 9.17) is 9.97 Å². The fourth-order valence-electron chi connectivity index (χ4n) is 13.0. The summed E-state index contributed by atoms with van der Waals surface area (Å²) >= 11 is 0. The van der Waals surface area contributed by atoms with Gasteiger partial charge in [0.2, 0.25) is 11.8 Å². The van der Waals surface area contributed by atoms with Gasteiger partial charge in [-0.05, 0) is 143 Å². The van der Waals surface area contributed by atoms with Crippen molar-refractivity contribution in [1.82, 2.24) is 39.5 Å². The summed E-state index contributed by atoms with van der Waals surface area (Å²) in [7, 11) is 0. The van der Waals surface area contributed by atoms with Crippen LogP contribution in [-0.4, -0.2) is 89.6 Å². The van der Waals surface area contributed by atoms with Gasteiger partial charge in [0, 0.05) is 12.1 Å². The van der Waals surface area contributed by atoms with Crippen LogP contribution in [0.4, 0.5) is 0 Å². The van der Waals surface area contributed by atoms with Crippen LogP contribution >= 0.6 is 0 Å². The third-order valence-corrected chi connectivity index (χ3v) is 17.0. The zero-order valence-corrected chi connectivity index (χ0v) is 41.2. The molecule has 10 nitrogen and oxygen atoms in total. The van der Waals surface area contributed by atoms with Crippen molar-refractivity contribution in [2.24, 2.45) is 23.7 Å². The van der Waals surface area contributed by atoms with Gasteiger partial charge in [-0.15, -0.1) is 0 Å². The van der Waals surface area contributed by atoms with Gasteiger partial charge in [0.25, 0.3) is 0 Å². The number of aromatic nitrogens is 4. The second kappa shape index (κ2) is 17.7. The fraction of sp³-hybridized carbons (Fsp3) is 0.367. The summed E-state index contributed by atoms with van der Waals surface area (Å²) in [4.78, 5) is 56.2. The van der Waals surface area contributed by atoms with Crippen LogP contribution in [0.15, 0.2) is 133 Å². The van der Waals surface area contributed by atoms with Crippen molar-refractivity contribution in [1.29, 1.82) is 0 Å². The van der Waals surface area contributed by atoms with Crippen LogP contribution in [0.5, 0.6) is 0 Å². The lowest BCUT2D eigenvalue weighted by Gasteiger charge is -2.36. The molecule has 0 radical (unpaired) electrons. The van der Waals surface area contributed by atoms with Gasteiger partial charge < -0.3 is 19.8 Å². The lowest BCUT2D eigenvalue weighted by molar-refractivity contribution is -0.140. The molecule has 356 valence electrons. The highest BCUT2D eigenvalue weighted by molar-refractivity contribution is 5.93. The van der Waals surface area contributed by atoms with Gasteiger partial charge in [-0.2, -0.15) is 0 Å². The molecule has 10 heteroatoms. The summed E-state index contributed by atoms with van der Waals surface area (Å²) in [5.74, 6) is 4.13. The Morgan fingerprint density at radius 3 is 1.29 bits per heavy atom. The van der Waals surface area contributed by atoms with E-state index in [1.165, 1.54) is 10.8 Å². The summed E-state index contributed by atoms with van der Waals surface area (Å²) in [5.41, 5.74) is 10.4. The largest absolute Gasteiger partial charge is 0.340 e. The number of fused-ring (bicyclic) bond motifs is 5. The zero-order valence-electron chi connectivity index (χ0n) is 41.2. The third kappa shape index (κ3) is 7.44. The molecule has 2 N–H and O–H groups in total. The van der Waals surface area contributed by atoms with Crippen LogP contribution in [0.25, 0.3) is 55.1 Å². The van der Waals surface area contributed by atoms with Crippen LogP contribution < -0.4 is 0 Å². The Morgan fingerprint density at radius 2 is 0.900 bits per heavy atom. The number of H-pyrrole nitrogens is 2. The van der Waals surface area contributed by atoms with Crippen LogP contribution in [0, 0.1) is 23.7 Å². The summed E-state index contributed by atoms with van der Waals surface area (Å²) in [5, 5.41) is 2.34. The van der Waals surface area contributed by atoms with Crippen molar-refractivity contribution in [2.75, 3.05) is 26.2 Å². The molecule has 2 aromatic heterocycles. The molecule has 4 fully saturated rings. The molecule has 4 aliphatic rings. The van der Waals surface area contributed by atoms with Crippen LogP contribution in [0.2, 0.25) is 0 Å². The number of likely N-dealkylation sites (N-methyl/N-ethyl adjacent to an activating group) is 2. The number of nitrogens with zero attached hydrogens (tertiary/aromatic N) is 6. The van der Waals surface area contributed by atoms with Gasteiger partial charge in [-0.25, -0.2) is 9.97 Å². The number of carbonyl (C=O) groups is 2. The first-order chi connectivity index (χ1) is 34.2. The second-order valence-corrected chi connectivity index (χ2v) is 20.6. The molecule has 4 heterocycles. The number of carbonyl (C=O) groups excluding carboxylic acids is 2. The molecule has 2 aliphatic heterocycles. The first kappa shape index (κ1) is 44.6. The van der Waals surface area contributed by atoms with E-state index in [9.17, 15) is 9.59 Å². The number of benzene rings is 6. The number of hydrogen-bond donors (Lipinski definition) is 2. The SMILES string of the molecule is CCN(CC)[C@@H](C(=O)N1C2C(C)C2C[C@H]1c1nc2ccc(-c3ccc4cc(-c5ccc6nc([C@@H]7CC8C([C@@H]8C)N7C(=O)[C@@H](c7ccccc7)N(CC)CC)[nH]c6c5)ccc4c3)cc2[nH]1)c1ccccc1. The zero-order chi connectivity index (χ0) is 47.9. The summed E-state index contributed by atoms with van der Waals surface area (Å²) in [6.45, 7) is 16.4. The van der Waals surface area contributed by atoms with E-state index in [-0.39, 0.29) is 48.1 Å². The van der Waals surface area contributed by atoms with Crippen molar-refractivity contribution < 1.29 is 9.59 Å². The Morgan fingerprint density at radius 1 is 0.529 bits per heavy atom. The van der Waals surface area contributed by atoms with E-state index in [1.54, 1.807) is 0 Å². The number of nitrogens with one attached hydrogen (secondary N) is 2. The first-order valence-electron chi connectivity index (χ1n) is 25.9. The van der Waals surface area contributed by atoms with Crippen molar-refractivity contribution in [3.8, 4) is 22.3 Å². The van der Waals surface area contributed by atoms with Crippen molar-refractivity contribution in [3.05, 3.63) is 156 Å². The highest BCUT2D eigenvalue weighted by Gasteiger charge is 2.63. The topological polar surface area (TPSA) is 104 Å². The van der Waals surface area contributed by atoms with Gasteiger partial charge in [0.15, 0.2) is 0 Å². The van der Waals surface area contributed by atoms with E-state index >= 15 is 0 Å². The number of aromatic amines is 2. The molecule has 8 aromatic rings. The van der Waals surface area contributed by atoms with Gasteiger partial charge in [-0.1, -0.05) is 139 Å². The monoisotopic (exact) mass is 929 g/mol. The smallest absolute Gasteiger partial charge is 0.245 e. The molecule has 10 atom stereocenters. The molecule has 6 aromatic carbocycles. The number of imidazole rings is 2. The molecule has 5 unspecified atom stereocenters. The minimum atomic E-state index is -0.322. The lowest BCUT2D eigenvalue weighted by Crippen LogP contribution is -2.45. The molecule has 12 rings (SSSR count). The Labute approximate surface area is 411 Å². The standard InChI is InChI=1S/C60H64N8O2/c1-7-65(8-2)55(37-17-13-11-14-18-37)59(69)67-51(33-45-35(5)53(45)67)57-61-47-27-25-43(31-49(47)63-57)41-23-21-40-30-42(24-22-39(40)29-41)44-26-28-48-50(32-44)64-58(62-48)52-34-46-36(6)54(46)68(52)60(70)56(66(9-3)10-4)38-19-15-12-16-20-38/h11-32,35-36,45-46,51-56H,7-10,33-34H2,1-6H3,(H,61,63)(H,62,64)/t35-,36?,45?,46?,51+,52+,53?,54?,55-,56-/m1/s1. The quantitative estimate of drug-likeness (QED) is 0.113. The van der Waals surface area contributed by atoms with Gasteiger partial charge in [0.05, 0.1) is 34.2 Å². The normalized spacial score (nSPS) is 24.5. The predicted molar refractivity (Wildman–Crippen MR) is 280 cm³/mol. The molecule has 2 saturated carbocycles. The molecular weight excluding hydrogens is 865 g/mol. The second-order valence-electron chi connectivity index (χ2n) is 20.6.